The van der Waals surface area contributed by atoms with Crippen molar-refractivity contribution in [3.05, 3.63) is 16.6 Å². The lowest BCUT2D eigenvalue weighted by molar-refractivity contribution is -0.143. The van der Waals surface area contributed by atoms with Crippen LogP contribution in [0.3, 0.4) is 0 Å². The third-order valence-electron chi connectivity index (χ3n) is 2.25. The van der Waals surface area contributed by atoms with Gasteiger partial charge in [0.15, 0.2) is 6.04 Å². The van der Waals surface area contributed by atoms with Crippen LogP contribution in [0.4, 0.5) is 4.79 Å². The van der Waals surface area contributed by atoms with Crippen molar-refractivity contribution >= 4 is 23.4 Å². The predicted molar refractivity (Wildman–Crippen MR) is 71.1 cm³/mol. The molecule has 19 heavy (non-hydrogen) atoms. The number of carboxylic acids is 1. The zero-order valence-corrected chi connectivity index (χ0v) is 12.2. The van der Waals surface area contributed by atoms with Gasteiger partial charge in [0, 0.05) is 11.9 Å². The molecule has 0 bridgehead atoms. The lowest BCUT2D eigenvalue weighted by Gasteiger charge is -2.29. The van der Waals surface area contributed by atoms with Crippen molar-refractivity contribution in [3.63, 3.8) is 0 Å². The van der Waals surface area contributed by atoms with E-state index in [1.807, 2.05) is 0 Å². The normalized spacial score (nSPS) is 12.8. The minimum atomic E-state index is -1.13. The first kappa shape index (κ1) is 15.4. The van der Waals surface area contributed by atoms with Crippen molar-refractivity contribution in [2.24, 2.45) is 0 Å². The summed E-state index contributed by atoms with van der Waals surface area (Å²) in [5.74, 6) is -1.13. The SMILES string of the molecule is CCN(C(=O)OC(C)(C)C)C(C(=O)O)c1cscn1. The molecule has 1 amide bonds. The van der Waals surface area contributed by atoms with Crippen molar-refractivity contribution in [3.8, 4) is 0 Å². The molecule has 0 aliphatic carbocycles. The van der Waals surface area contributed by atoms with Gasteiger partial charge in [-0.25, -0.2) is 14.6 Å². The first-order valence-corrected chi connectivity index (χ1v) is 6.81. The van der Waals surface area contributed by atoms with Crippen LogP contribution in [0.15, 0.2) is 10.9 Å². The molecule has 0 saturated heterocycles. The smallest absolute Gasteiger partial charge is 0.411 e. The topological polar surface area (TPSA) is 79.7 Å². The molecule has 6 nitrogen and oxygen atoms in total. The average Bonchev–Trinajstić information content (AvgIpc) is 2.75. The lowest BCUT2D eigenvalue weighted by atomic mass is 10.2. The molecule has 1 aromatic rings. The van der Waals surface area contributed by atoms with Crippen molar-refractivity contribution < 1.29 is 19.4 Å². The van der Waals surface area contributed by atoms with Gasteiger partial charge in [0.2, 0.25) is 0 Å². The summed E-state index contributed by atoms with van der Waals surface area (Å²) in [6.45, 7) is 7.13. The van der Waals surface area contributed by atoms with Gasteiger partial charge in [-0.2, -0.15) is 0 Å². The number of carbonyl (C=O) groups excluding carboxylic acids is 1. The van der Waals surface area contributed by atoms with E-state index in [-0.39, 0.29) is 6.54 Å². The number of hydrogen-bond acceptors (Lipinski definition) is 5. The molecule has 1 N–H and O–H groups in total. The van der Waals surface area contributed by atoms with E-state index < -0.39 is 23.7 Å². The number of likely N-dealkylation sites (N-methyl/N-ethyl adjacent to an activating group) is 1. The summed E-state index contributed by atoms with van der Waals surface area (Å²) in [6.07, 6.45) is -0.657. The summed E-state index contributed by atoms with van der Waals surface area (Å²) in [5.41, 5.74) is 1.20. The molecule has 1 aromatic heterocycles. The molecule has 0 saturated carbocycles. The number of ether oxygens (including phenoxy) is 1. The van der Waals surface area contributed by atoms with Gasteiger partial charge >= 0.3 is 12.1 Å². The summed E-state index contributed by atoms with van der Waals surface area (Å²) in [6, 6.07) is -1.12. The summed E-state index contributed by atoms with van der Waals surface area (Å²) in [4.78, 5) is 28.6. The van der Waals surface area contributed by atoms with Crippen LogP contribution >= 0.6 is 11.3 Å². The molecule has 7 heteroatoms. The van der Waals surface area contributed by atoms with E-state index in [4.69, 9.17) is 4.74 Å². The van der Waals surface area contributed by atoms with Gasteiger partial charge in [-0.15, -0.1) is 11.3 Å². The first-order valence-electron chi connectivity index (χ1n) is 5.86. The fourth-order valence-corrected chi connectivity index (χ4v) is 2.09. The number of aromatic nitrogens is 1. The van der Waals surface area contributed by atoms with Crippen LogP contribution in [0, 0.1) is 0 Å². The minimum absolute atomic E-state index is 0.226. The van der Waals surface area contributed by atoms with Crippen LogP contribution in [0.2, 0.25) is 0 Å². The second-order valence-corrected chi connectivity index (χ2v) is 5.64. The van der Waals surface area contributed by atoms with Crippen LogP contribution in [0.1, 0.15) is 39.4 Å². The maximum atomic E-state index is 12.0. The Labute approximate surface area is 116 Å². The van der Waals surface area contributed by atoms with Gasteiger partial charge in [0.25, 0.3) is 0 Å². The fourth-order valence-electron chi connectivity index (χ4n) is 1.51. The maximum Gasteiger partial charge on any atom is 0.411 e. The van der Waals surface area contributed by atoms with Crippen molar-refractivity contribution in [1.29, 1.82) is 0 Å². The number of carbonyl (C=O) groups is 2. The fraction of sp³-hybridized carbons (Fsp3) is 0.583. The van der Waals surface area contributed by atoms with Crippen LogP contribution < -0.4 is 0 Å². The second-order valence-electron chi connectivity index (χ2n) is 4.92. The predicted octanol–water partition coefficient (Wildman–Crippen LogP) is 2.53. The quantitative estimate of drug-likeness (QED) is 0.920. The monoisotopic (exact) mass is 286 g/mol. The number of hydrogen-bond donors (Lipinski definition) is 1. The molecule has 0 fully saturated rings. The number of aliphatic carboxylic acids is 1. The molecule has 0 aromatic carbocycles. The molecule has 1 unspecified atom stereocenters. The number of thiazole rings is 1. The van der Waals surface area contributed by atoms with E-state index in [0.717, 1.165) is 4.90 Å². The maximum absolute atomic E-state index is 12.0. The van der Waals surface area contributed by atoms with E-state index in [0.29, 0.717) is 5.69 Å². The summed E-state index contributed by atoms with van der Waals surface area (Å²) >= 11 is 1.28. The molecule has 0 aliphatic rings. The first-order chi connectivity index (χ1) is 8.76. The Balaban J connectivity index is 2.98. The van der Waals surface area contributed by atoms with Crippen molar-refractivity contribution in [2.75, 3.05) is 6.54 Å². The molecule has 0 aliphatic heterocycles. The van der Waals surface area contributed by atoms with Crippen LogP contribution in [-0.2, 0) is 9.53 Å². The van der Waals surface area contributed by atoms with Crippen LogP contribution in [-0.4, -0.2) is 39.2 Å². The van der Waals surface area contributed by atoms with E-state index in [2.05, 4.69) is 4.98 Å². The Morgan fingerprint density at radius 2 is 2.16 bits per heavy atom. The molecule has 106 valence electrons. The third kappa shape index (κ3) is 4.20. The lowest BCUT2D eigenvalue weighted by Crippen LogP contribution is -2.42. The highest BCUT2D eigenvalue weighted by Crippen LogP contribution is 2.23. The summed E-state index contributed by atoms with van der Waals surface area (Å²) in [7, 11) is 0. The van der Waals surface area contributed by atoms with Crippen LogP contribution in [0.25, 0.3) is 0 Å². The highest BCUT2D eigenvalue weighted by Gasteiger charge is 2.34. The van der Waals surface area contributed by atoms with Crippen molar-refractivity contribution in [2.45, 2.75) is 39.3 Å². The van der Waals surface area contributed by atoms with E-state index in [1.54, 1.807) is 33.1 Å². The minimum Gasteiger partial charge on any atom is -0.479 e. The molecule has 1 atom stereocenters. The summed E-state index contributed by atoms with van der Waals surface area (Å²) < 4.78 is 5.22. The second kappa shape index (κ2) is 6.01. The van der Waals surface area contributed by atoms with Gasteiger partial charge in [-0.3, -0.25) is 4.90 Å². The molecule has 1 rings (SSSR count). The Kier molecular flexibility index (Phi) is 4.88. The highest BCUT2D eigenvalue weighted by molar-refractivity contribution is 7.07. The van der Waals surface area contributed by atoms with E-state index in [1.165, 1.54) is 16.8 Å². The Bertz CT molecular complexity index is 439. The Morgan fingerprint density at radius 3 is 2.53 bits per heavy atom. The number of nitrogens with zero attached hydrogens (tertiary/aromatic N) is 2. The molecular weight excluding hydrogens is 268 g/mol. The van der Waals surface area contributed by atoms with Crippen molar-refractivity contribution in [1.82, 2.24) is 9.88 Å². The molecule has 0 spiro atoms. The Hall–Kier alpha value is -1.63. The zero-order chi connectivity index (χ0) is 14.6. The van der Waals surface area contributed by atoms with Gasteiger partial charge in [-0.05, 0) is 27.7 Å². The summed E-state index contributed by atoms with van der Waals surface area (Å²) in [5, 5.41) is 10.9. The zero-order valence-electron chi connectivity index (χ0n) is 11.4. The Morgan fingerprint density at radius 1 is 1.53 bits per heavy atom. The van der Waals surface area contributed by atoms with Gasteiger partial charge in [-0.1, -0.05) is 0 Å². The number of rotatable bonds is 4. The number of carboxylic acid groups (broad SMARTS) is 1. The van der Waals surface area contributed by atoms with Gasteiger partial charge < -0.3 is 9.84 Å². The third-order valence-corrected chi connectivity index (χ3v) is 2.85. The van der Waals surface area contributed by atoms with Crippen LogP contribution in [0.5, 0.6) is 0 Å². The standard InChI is InChI=1S/C12H18N2O4S/c1-5-14(11(17)18-12(2,3)4)9(10(15)16)8-6-19-7-13-8/h6-7,9H,5H2,1-4H3,(H,15,16). The molecule has 1 heterocycles. The largest absolute Gasteiger partial charge is 0.479 e. The average molecular weight is 286 g/mol. The van der Waals surface area contributed by atoms with Gasteiger partial charge in [0.05, 0.1) is 11.2 Å². The van der Waals surface area contributed by atoms with Gasteiger partial charge in [0.1, 0.15) is 5.60 Å². The molecule has 0 radical (unpaired) electrons. The highest BCUT2D eigenvalue weighted by atomic mass is 32.1. The van der Waals surface area contributed by atoms with E-state index in [9.17, 15) is 14.7 Å². The van der Waals surface area contributed by atoms with E-state index >= 15 is 0 Å². The molecular formula is C12H18N2O4S. The number of amides is 1.